The molecule has 0 aliphatic carbocycles. The highest BCUT2D eigenvalue weighted by atomic mass is 16.3. The molecule has 1 atom stereocenters. The minimum atomic E-state index is 0.00701. The van der Waals surface area contributed by atoms with Crippen LogP contribution >= 0.6 is 0 Å². The maximum Gasteiger partial charge on any atom is 0.246 e. The lowest BCUT2D eigenvalue weighted by atomic mass is 9.97. The van der Waals surface area contributed by atoms with E-state index in [1.54, 1.807) is 12.2 Å². The molecule has 1 aliphatic heterocycles. The number of pyridine rings is 1. The number of nitrogens with zero attached hydrogens (tertiary/aromatic N) is 4. The first-order valence-electron chi connectivity index (χ1n) is 8.54. The molecular weight excluding hydrogens is 316 g/mol. The first-order chi connectivity index (χ1) is 12.2. The molecule has 128 valence electrons. The van der Waals surface area contributed by atoms with Crippen LogP contribution in [0.2, 0.25) is 0 Å². The molecule has 1 saturated heterocycles. The van der Waals surface area contributed by atoms with Gasteiger partial charge < -0.3 is 9.32 Å². The Kier molecular flexibility index (Phi) is 4.09. The molecule has 3 aromatic heterocycles. The second kappa shape index (κ2) is 6.55. The summed E-state index contributed by atoms with van der Waals surface area (Å²) in [6.07, 6.45) is 7.27. The smallest absolute Gasteiger partial charge is 0.246 e. The van der Waals surface area contributed by atoms with Gasteiger partial charge in [0.25, 0.3) is 0 Å². The zero-order valence-electron chi connectivity index (χ0n) is 14.1. The van der Waals surface area contributed by atoms with Gasteiger partial charge in [-0.3, -0.25) is 9.20 Å². The Balaban J connectivity index is 1.49. The SMILES string of the molecule is Cc1ccc(/C=C/C(=O)N2CCCC(c3nnc4ccccn34)C2)o1. The van der Waals surface area contributed by atoms with Crippen LogP contribution in [-0.4, -0.2) is 38.5 Å². The topological polar surface area (TPSA) is 63.6 Å². The molecule has 0 spiro atoms. The predicted octanol–water partition coefficient (Wildman–Crippen LogP) is 3.05. The van der Waals surface area contributed by atoms with Gasteiger partial charge in [-0.15, -0.1) is 10.2 Å². The molecule has 1 unspecified atom stereocenters. The fraction of sp³-hybridized carbons (Fsp3) is 0.316. The van der Waals surface area contributed by atoms with E-state index in [2.05, 4.69) is 10.2 Å². The molecule has 0 bridgehead atoms. The van der Waals surface area contributed by atoms with Crippen LogP contribution in [0.4, 0.5) is 0 Å². The molecule has 0 saturated carbocycles. The number of carbonyl (C=O) groups is 1. The van der Waals surface area contributed by atoms with Crippen molar-refractivity contribution in [3.8, 4) is 0 Å². The lowest BCUT2D eigenvalue weighted by molar-refractivity contribution is -0.127. The molecule has 0 N–H and O–H groups in total. The van der Waals surface area contributed by atoms with Gasteiger partial charge in [-0.1, -0.05) is 6.07 Å². The van der Waals surface area contributed by atoms with Crippen molar-refractivity contribution in [2.75, 3.05) is 13.1 Å². The summed E-state index contributed by atoms with van der Waals surface area (Å²) in [5.41, 5.74) is 0.842. The van der Waals surface area contributed by atoms with Gasteiger partial charge in [0, 0.05) is 31.3 Å². The Bertz CT molecular complexity index is 924. The molecule has 3 aromatic rings. The number of aryl methyl sites for hydroxylation is 1. The average Bonchev–Trinajstić information content (AvgIpc) is 3.26. The molecule has 4 rings (SSSR count). The Hall–Kier alpha value is -2.89. The van der Waals surface area contributed by atoms with Crippen molar-refractivity contribution in [2.45, 2.75) is 25.7 Å². The van der Waals surface area contributed by atoms with E-state index in [1.807, 2.05) is 52.8 Å². The Labute approximate surface area is 145 Å². The number of amides is 1. The van der Waals surface area contributed by atoms with Crippen molar-refractivity contribution in [2.24, 2.45) is 0 Å². The molecule has 1 amide bonds. The molecule has 6 nitrogen and oxygen atoms in total. The standard InChI is InChI=1S/C19H20N4O2/c1-14-7-8-16(25-14)9-10-18(24)22-11-4-5-15(13-22)19-21-20-17-6-2-3-12-23(17)19/h2-3,6-10,12,15H,4-5,11,13H2,1H3/b10-9+. The van der Waals surface area contributed by atoms with E-state index in [1.165, 1.54) is 0 Å². The van der Waals surface area contributed by atoms with Crippen molar-refractivity contribution in [1.82, 2.24) is 19.5 Å². The van der Waals surface area contributed by atoms with Gasteiger partial charge in [0.15, 0.2) is 5.65 Å². The lowest BCUT2D eigenvalue weighted by Crippen LogP contribution is -2.38. The zero-order valence-corrected chi connectivity index (χ0v) is 14.1. The third-order valence-corrected chi connectivity index (χ3v) is 4.59. The maximum atomic E-state index is 12.5. The second-order valence-electron chi connectivity index (χ2n) is 6.39. The van der Waals surface area contributed by atoms with Gasteiger partial charge in [-0.2, -0.15) is 0 Å². The van der Waals surface area contributed by atoms with Gasteiger partial charge in [0.2, 0.25) is 5.91 Å². The van der Waals surface area contributed by atoms with E-state index >= 15 is 0 Å². The molecule has 25 heavy (non-hydrogen) atoms. The fourth-order valence-corrected chi connectivity index (χ4v) is 3.33. The summed E-state index contributed by atoms with van der Waals surface area (Å²) >= 11 is 0. The van der Waals surface area contributed by atoms with Crippen LogP contribution in [0.3, 0.4) is 0 Å². The van der Waals surface area contributed by atoms with Crippen LogP contribution in [0.1, 0.15) is 36.1 Å². The van der Waals surface area contributed by atoms with Crippen molar-refractivity contribution in [1.29, 1.82) is 0 Å². The number of likely N-dealkylation sites (tertiary alicyclic amines) is 1. The summed E-state index contributed by atoms with van der Waals surface area (Å²) < 4.78 is 7.48. The minimum absolute atomic E-state index is 0.00701. The molecule has 0 aromatic carbocycles. The third kappa shape index (κ3) is 3.20. The molecular formula is C19H20N4O2. The summed E-state index contributed by atoms with van der Waals surface area (Å²) in [5, 5.41) is 8.58. The number of furan rings is 1. The van der Waals surface area contributed by atoms with Gasteiger partial charge in [0.05, 0.1) is 0 Å². The van der Waals surface area contributed by atoms with E-state index in [-0.39, 0.29) is 11.8 Å². The van der Waals surface area contributed by atoms with Crippen LogP contribution in [0.5, 0.6) is 0 Å². The third-order valence-electron chi connectivity index (χ3n) is 4.59. The second-order valence-corrected chi connectivity index (χ2v) is 6.39. The average molecular weight is 336 g/mol. The first-order valence-corrected chi connectivity index (χ1v) is 8.54. The minimum Gasteiger partial charge on any atom is -0.462 e. The number of piperidine rings is 1. The largest absolute Gasteiger partial charge is 0.462 e. The maximum absolute atomic E-state index is 12.5. The number of fused-ring (bicyclic) bond motifs is 1. The molecule has 4 heterocycles. The molecule has 6 heteroatoms. The first kappa shape index (κ1) is 15.6. The van der Waals surface area contributed by atoms with Gasteiger partial charge in [-0.05, 0) is 50.1 Å². The lowest BCUT2D eigenvalue weighted by Gasteiger charge is -2.31. The quantitative estimate of drug-likeness (QED) is 0.690. The van der Waals surface area contributed by atoms with Gasteiger partial charge >= 0.3 is 0 Å². The number of aromatic nitrogens is 3. The van der Waals surface area contributed by atoms with Crippen molar-refractivity contribution >= 4 is 17.6 Å². The summed E-state index contributed by atoms with van der Waals surface area (Å²) in [5.74, 6) is 2.67. The summed E-state index contributed by atoms with van der Waals surface area (Å²) in [4.78, 5) is 14.4. The highest BCUT2D eigenvalue weighted by Gasteiger charge is 2.27. The zero-order chi connectivity index (χ0) is 17.2. The fourth-order valence-electron chi connectivity index (χ4n) is 3.33. The van der Waals surface area contributed by atoms with E-state index in [0.29, 0.717) is 12.3 Å². The molecule has 0 radical (unpaired) electrons. The van der Waals surface area contributed by atoms with Crippen molar-refractivity contribution < 1.29 is 9.21 Å². The monoisotopic (exact) mass is 336 g/mol. The van der Waals surface area contributed by atoms with E-state index < -0.39 is 0 Å². The van der Waals surface area contributed by atoms with Crippen LogP contribution < -0.4 is 0 Å². The normalized spacial score (nSPS) is 18.3. The van der Waals surface area contributed by atoms with Crippen molar-refractivity contribution in [3.63, 3.8) is 0 Å². The Morgan fingerprint density at radius 3 is 3.04 bits per heavy atom. The van der Waals surface area contributed by atoms with Crippen molar-refractivity contribution in [3.05, 3.63) is 59.9 Å². The number of rotatable bonds is 3. The highest BCUT2D eigenvalue weighted by molar-refractivity contribution is 5.91. The number of hydrogen-bond donors (Lipinski definition) is 0. The Morgan fingerprint density at radius 2 is 2.20 bits per heavy atom. The van der Waals surface area contributed by atoms with E-state index in [4.69, 9.17) is 4.42 Å². The summed E-state index contributed by atoms with van der Waals surface area (Å²) in [6.45, 7) is 3.32. The molecule has 1 fully saturated rings. The van der Waals surface area contributed by atoms with E-state index in [9.17, 15) is 4.79 Å². The Morgan fingerprint density at radius 1 is 1.28 bits per heavy atom. The van der Waals surface area contributed by atoms with Gasteiger partial charge in [0.1, 0.15) is 17.3 Å². The van der Waals surface area contributed by atoms with Gasteiger partial charge in [-0.25, -0.2) is 0 Å². The molecule has 1 aliphatic rings. The van der Waals surface area contributed by atoms with Crippen LogP contribution in [0.25, 0.3) is 11.7 Å². The number of hydrogen-bond acceptors (Lipinski definition) is 4. The summed E-state index contributed by atoms with van der Waals surface area (Å²) in [6, 6.07) is 9.61. The van der Waals surface area contributed by atoms with Crippen LogP contribution in [0, 0.1) is 6.92 Å². The van der Waals surface area contributed by atoms with Crippen LogP contribution in [0.15, 0.2) is 47.0 Å². The van der Waals surface area contributed by atoms with E-state index in [0.717, 1.165) is 36.6 Å². The summed E-state index contributed by atoms with van der Waals surface area (Å²) in [7, 11) is 0. The highest BCUT2D eigenvalue weighted by Crippen LogP contribution is 2.26. The van der Waals surface area contributed by atoms with Crippen LogP contribution in [-0.2, 0) is 4.79 Å². The predicted molar refractivity (Wildman–Crippen MR) is 94.0 cm³/mol. The number of carbonyl (C=O) groups excluding carboxylic acids is 1.